The third-order valence-corrected chi connectivity index (χ3v) is 8.18. The van der Waals surface area contributed by atoms with Crippen LogP contribution in [0.4, 0.5) is 0 Å². The molecule has 0 amide bonds. The first-order valence-electron chi connectivity index (χ1n) is 15.4. The molecule has 2 aromatic rings. The van der Waals surface area contributed by atoms with Crippen molar-refractivity contribution in [3.63, 3.8) is 0 Å². The van der Waals surface area contributed by atoms with Crippen molar-refractivity contribution in [2.45, 2.75) is 116 Å². The average molecular weight is 561 g/mol. The standard InChI is InChI=1S/C33H53O5P/c1-2-3-4-5-6-7-8-9-10-11-12-13-14-21-27-35-28-22-29-36-39(34,37-30-32-23-17-15-18-24-32)38-31-33-25-19-16-20-26-33/h15-20,23-26H,2-14,21-22,27-31H2,1H3. The van der Waals surface area contributed by atoms with Crippen LogP contribution in [-0.2, 0) is 36.1 Å². The Balaban J connectivity index is 1.47. The summed E-state index contributed by atoms with van der Waals surface area (Å²) in [5.41, 5.74) is 1.84. The van der Waals surface area contributed by atoms with Crippen LogP contribution in [0.15, 0.2) is 60.7 Å². The van der Waals surface area contributed by atoms with Crippen LogP contribution < -0.4 is 0 Å². The summed E-state index contributed by atoms with van der Waals surface area (Å²) in [6, 6.07) is 19.2. The Morgan fingerprint density at radius 2 is 0.897 bits per heavy atom. The summed E-state index contributed by atoms with van der Waals surface area (Å²) in [5.74, 6) is 0. The first kappa shape index (κ1) is 33.7. The van der Waals surface area contributed by atoms with E-state index in [0.29, 0.717) is 13.0 Å². The normalized spacial score (nSPS) is 11.7. The van der Waals surface area contributed by atoms with Gasteiger partial charge in [0, 0.05) is 13.2 Å². The van der Waals surface area contributed by atoms with E-state index >= 15 is 0 Å². The Hall–Kier alpha value is -1.49. The van der Waals surface area contributed by atoms with Gasteiger partial charge in [-0.05, 0) is 24.0 Å². The third-order valence-electron chi connectivity index (χ3n) is 6.79. The van der Waals surface area contributed by atoms with Crippen LogP contribution in [0.25, 0.3) is 0 Å². The van der Waals surface area contributed by atoms with Crippen molar-refractivity contribution in [3.8, 4) is 0 Å². The Bertz CT molecular complexity index is 798. The lowest BCUT2D eigenvalue weighted by Gasteiger charge is -2.18. The topological polar surface area (TPSA) is 54.0 Å². The molecular formula is C33H53O5P. The molecule has 0 saturated heterocycles. The number of benzene rings is 2. The van der Waals surface area contributed by atoms with Gasteiger partial charge in [0.15, 0.2) is 0 Å². The fourth-order valence-electron chi connectivity index (χ4n) is 4.41. The Morgan fingerprint density at radius 1 is 0.487 bits per heavy atom. The molecule has 0 heterocycles. The largest absolute Gasteiger partial charge is 0.475 e. The molecule has 5 nitrogen and oxygen atoms in total. The number of ether oxygens (including phenoxy) is 1. The number of phosphoric ester groups is 1. The summed E-state index contributed by atoms with van der Waals surface area (Å²) in [6.45, 7) is 4.23. The van der Waals surface area contributed by atoms with Gasteiger partial charge in [0.25, 0.3) is 0 Å². The molecule has 0 fully saturated rings. The molecule has 0 aliphatic carbocycles. The molecule has 0 aromatic heterocycles. The number of rotatable bonds is 26. The molecule has 0 bridgehead atoms. The predicted octanol–water partition coefficient (Wildman–Crippen LogP) is 10.4. The molecule has 0 radical (unpaired) electrons. The lowest BCUT2D eigenvalue weighted by molar-refractivity contribution is 0.0823. The molecule has 0 unspecified atom stereocenters. The highest BCUT2D eigenvalue weighted by Crippen LogP contribution is 2.51. The van der Waals surface area contributed by atoms with E-state index in [2.05, 4.69) is 6.92 Å². The van der Waals surface area contributed by atoms with E-state index in [1.165, 1.54) is 83.5 Å². The summed E-state index contributed by atoms with van der Waals surface area (Å²) in [4.78, 5) is 0. The molecule has 39 heavy (non-hydrogen) atoms. The van der Waals surface area contributed by atoms with Gasteiger partial charge in [0.1, 0.15) is 0 Å². The fourth-order valence-corrected chi connectivity index (χ4v) is 5.60. The minimum Gasteiger partial charge on any atom is -0.381 e. The van der Waals surface area contributed by atoms with Gasteiger partial charge in [-0.15, -0.1) is 0 Å². The van der Waals surface area contributed by atoms with Crippen LogP contribution in [0.3, 0.4) is 0 Å². The van der Waals surface area contributed by atoms with E-state index in [1.54, 1.807) is 0 Å². The second-order valence-corrected chi connectivity index (χ2v) is 12.0. The highest BCUT2D eigenvalue weighted by Gasteiger charge is 2.27. The maximum absolute atomic E-state index is 13.2. The summed E-state index contributed by atoms with van der Waals surface area (Å²) in [7, 11) is -3.70. The average Bonchev–Trinajstić information content (AvgIpc) is 2.97. The summed E-state index contributed by atoms with van der Waals surface area (Å²) in [6.07, 6.45) is 19.6. The summed E-state index contributed by atoms with van der Waals surface area (Å²) < 4.78 is 35.9. The number of hydrogen-bond acceptors (Lipinski definition) is 5. The fraction of sp³-hybridized carbons (Fsp3) is 0.636. The van der Waals surface area contributed by atoms with Gasteiger partial charge in [-0.3, -0.25) is 13.6 Å². The lowest BCUT2D eigenvalue weighted by atomic mass is 10.0. The molecule has 2 aromatic carbocycles. The first-order valence-corrected chi connectivity index (χ1v) is 16.9. The maximum atomic E-state index is 13.2. The van der Waals surface area contributed by atoms with Crippen molar-refractivity contribution in [1.82, 2.24) is 0 Å². The Morgan fingerprint density at radius 3 is 1.36 bits per heavy atom. The quantitative estimate of drug-likeness (QED) is 0.0846. The van der Waals surface area contributed by atoms with E-state index in [-0.39, 0.29) is 19.8 Å². The van der Waals surface area contributed by atoms with Crippen molar-refractivity contribution in [2.75, 3.05) is 19.8 Å². The Labute approximate surface area is 238 Å². The van der Waals surface area contributed by atoms with Gasteiger partial charge in [0.2, 0.25) is 0 Å². The Kier molecular flexibility index (Phi) is 20.1. The van der Waals surface area contributed by atoms with Crippen LogP contribution in [0.2, 0.25) is 0 Å². The maximum Gasteiger partial charge on any atom is 0.475 e. The predicted molar refractivity (Wildman–Crippen MR) is 162 cm³/mol. The van der Waals surface area contributed by atoms with Gasteiger partial charge in [-0.25, -0.2) is 4.57 Å². The second kappa shape index (κ2) is 23.2. The van der Waals surface area contributed by atoms with Crippen LogP contribution >= 0.6 is 7.82 Å². The molecule has 220 valence electrons. The number of unbranched alkanes of at least 4 members (excludes halogenated alkanes) is 13. The van der Waals surface area contributed by atoms with Crippen molar-refractivity contribution < 1.29 is 22.9 Å². The zero-order chi connectivity index (χ0) is 27.7. The highest BCUT2D eigenvalue weighted by molar-refractivity contribution is 7.48. The summed E-state index contributed by atoms with van der Waals surface area (Å²) >= 11 is 0. The molecule has 2 rings (SSSR count). The number of hydrogen-bond donors (Lipinski definition) is 0. The first-order chi connectivity index (χ1) is 19.2. The lowest BCUT2D eigenvalue weighted by Crippen LogP contribution is -2.05. The molecule has 0 aliphatic heterocycles. The minimum absolute atomic E-state index is 0.169. The third kappa shape index (κ3) is 18.5. The van der Waals surface area contributed by atoms with Crippen LogP contribution in [0.1, 0.15) is 114 Å². The van der Waals surface area contributed by atoms with Gasteiger partial charge in [-0.2, -0.15) is 0 Å². The smallest absolute Gasteiger partial charge is 0.381 e. The zero-order valence-corrected chi connectivity index (χ0v) is 25.3. The van der Waals surface area contributed by atoms with Gasteiger partial charge >= 0.3 is 7.82 Å². The van der Waals surface area contributed by atoms with Crippen LogP contribution in [0, 0.1) is 0 Å². The molecule has 0 spiro atoms. The van der Waals surface area contributed by atoms with Gasteiger partial charge in [-0.1, -0.05) is 151 Å². The molecule has 0 aliphatic rings. The highest BCUT2D eigenvalue weighted by atomic mass is 31.2. The molecule has 0 N–H and O–H groups in total. The van der Waals surface area contributed by atoms with E-state index in [4.69, 9.17) is 18.3 Å². The molecule has 6 heteroatoms. The molecule has 0 atom stereocenters. The monoisotopic (exact) mass is 560 g/mol. The van der Waals surface area contributed by atoms with Gasteiger partial charge < -0.3 is 4.74 Å². The minimum atomic E-state index is -3.70. The van der Waals surface area contributed by atoms with E-state index in [1.807, 2.05) is 60.7 Å². The number of phosphoric acid groups is 1. The molecule has 0 saturated carbocycles. The summed E-state index contributed by atoms with van der Waals surface area (Å²) in [5, 5.41) is 0. The van der Waals surface area contributed by atoms with E-state index in [9.17, 15) is 4.57 Å². The van der Waals surface area contributed by atoms with Gasteiger partial charge in [0.05, 0.1) is 19.8 Å². The zero-order valence-electron chi connectivity index (χ0n) is 24.4. The second-order valence-electron chi connectivity index (χ2n) is 10.4. The van der Waals surface area contributed by atoms with E-state index in [0.717, 1.165) is 24.2 Å². The van der Waals surface area contributed by atoms with Crippen molar-refractivity contribution >= 4 is 7.82 Å². The van der Waals surface area contributed by atoms with Crippen molar-refractivity contribution in [2.24, 2.45) is 0 Å². The van der Waals surface area contributed by atoms with Crippen LogP contribution in [0.5, 0.6) is 0 Å². The van der Waals surface area contributed by atoms with Crippen molar-refractivity contribution in [3.05, 3.63) is 71.8 Å². The van der Waals surface area contributed by atoms with Crippen LogP contribution in [-0.4, -0.2) is 19.8 Å². The molecular weight excluding hydrogens is 507 g/mol. The SMILES string of the molecule is CCCCCCCCCCCCCCCCOCCCOP(=O)(OCc1ccccc1)OCc1ccccc1. The van der Waals surface area contributed by atoms with E-state index < -0.39 is 7.82 Å². The van der Waals surface area contributed by atoms with Crippen molar-refractivity contribution in [1.29, 1.82) is 0 Å².